The van der Waals surface area contributed by atoms with E-state index < -0.39 is 27.1 Å². The van der Waals surface area contributed by atoms with Gasteiger partial charge in [0, 0.05) is 33.4 Å². The van der Waals surface area contributed by atoms with Gasteiger partial charge in [0.15, 0.2) is 0 Å². The third-order valence-electron chi connectivity index (χ3n) is 10.8. The second-order valence-corrected chi connectivity index (χ2v) is 17.1. The monoisotopic (exact) mass is 926 g/mol. The van der Waals surface area contributed by atoms with Crippen LogP contribution in [0.2, 0.25) is 0 Å². The summed E-state index contributed by atoms with van der Waals surface area (Å²) in [6.07, 6.45) is 5.45. The Morgan fingerprint density at radius 1 is 0.734 bits per heavy atom. The highest BCUT2D eigenvalue weighted by Gasteiger charge is 2.41. The highest BCUT2D eigenvalue weighted by Crippen LogP contribution is 2.44. The van der Waals surface area contributed by atoms with Crippen molar-refractivity contribution in [1.82, 2.24) is 15.3 Å². The lowest BCUT2D eigenvalue weighted by atomic mass is 9.66. The highest BCUT2D eigenvalue weighted by atomic mass is 79.9. The molecule has 2 fully saturated rings. The first kappa shape index (κ1) is 47.9. The number of aromatic nitrogens is 2. The number of halogens is 1. The smallest absolute Gasteiger partial charge is 0.408 e. The van der Waals surface area contributed by atoms with Crippen LogP contribution >= 0.6 is 15.9 Å². The second-order valence-electron chi connectivity index (χ2n) is 16.2. The lowest BCUT2D eigenvalue weighted by molar-refractivity contribution is -0.384. The van der Waals surface area contributed by atoms with E-state index in [0.29, 0.717) is 17.1 Å². The average Bonchev–Trinajstić information content (AvgIpc) is 3.23. The number of carbonyl (C=O) groups is 1. The Morgan fingerprint density at radius 2 is 1.23 bits per heavy atom. The summed E-state index contributed by atoms with van der Waals surface area (Å²) in [5.74, 6) is 0.107. The minimum absolute atomic E-state index is 0. The normalized spacial score (nSPS) is 14.0. The van der Waals surface area contributed by atoms with Crippen LogP contribution in [-0.2, 0) is 15.7 Å². The summed E-state index contributed by atoms with van der Waals surface area (Å²) in [4.78, 5) is 42.0. The predicted molar refractivity (Wildman–Crippen MR) is 254 cm³/mol. The van der Waals surface area contributed by atoms with Gasteiger partial charge >= 0.3 is 17.5 Å². The number of rotatable bonds is 9. The van der Waals surface area contributed by atoms with Crippen molar-refractivity contribution in [3.05, 3.63) is 169 Å². The molecule has 2 aliphatic rings. The first-order valence-corrected chi connectivity index (χ1v) is 21.1. The maximum atomic E-state index is 12.4. The zero-order valence-electron chi connectivity index (χ0n) is 35.1. The Balaban J connectivity index is 0.000000211. The molecule has 2 aromatic heterocycles. The van der Waals surface area contributed by atoms with Gasteiger partial charge < -0.3 is 21.1 Å². The number of pyridine rings is 2. The molecule has 2 saturated carbocycles. The standard InChI is InChI=1S/C26H28N4O4.C11H10BrN.C11H9N3O2.CH4/c1-25(2,3)34-24(31)29-26(16-7-17-26)19-10-12-20(13-11-19)27-23-22(30(32)33)15-14-21(28-23)18-8-5-4-6-9-18;12-10-4-2-9(3-5-10)11(8-13)6-1-7-11;12-11-10(14(15)16)7-6-9(13-11)8-4-2-1-3-5-8;/h4-6,8-15H,7,16-17H2,1-3H3,(H,27,28)(H,29,31);2-5H,1,6-7H2;1-7H,(H2,12,13);1H4. The summed E-state index contributed by atoms with van der Waals surface area (Å²) in [6, 6.07) is 43.0. The van der Waals surface area contributed by atoms with Gasteiger partial charge in [0.05, 0.1) is 38.3 Å². The molecule has 1 amide bonds. The number of hydrogen-bond acceptors (Lipinski definition) is 11. The van der Waals surface area contributed by atoms with Crippen molar-refractivity contribution in [3.8, 4) is 28.6 Å². The fraction of sp³-hybridized carbons (Fsp3) is 0.265. The zero-order chi connectivity index (χ0) is 45.2. The molecular formula is C49H51BrN8O6. The van der Waals surface area contributed by atoms with Gasteiger partial charge in [-0.15, -0.1) is 0 Å². The number of nitro groups is 2. The quantitative estimate of drug-likeness (QED) is 0.0916. The number of alkyl carbamates (subject to hydrolysis) is 1. The molecule has 0 saturated heterocycles. The van der Waals surface area contributed by atoms with Gasteiger partial charge in [-0.05, 0) is 107 Å². The Bertz CT molecular complexity index is 2590. The van der Waals surface area contributed by atoms with Gasteiger partial charge in [-0.2, -0.15) is 5.26 Å². The van der Waals surface area contributed by atoms with E-state index in [1.54, 1.807) is 12.1 Å². The number of hydrogen-bond donors (Lipinski definition) is 3. The second kappa shape index (κ2) is 20.8. The van der Waals surface area contributed by atoms with Gasteiger partial charge in [-0.3, -0.25) is 20.2 Å². The van der Waals surface area contributed by atoms with Crippen LogP contribution in [0.5, 0.6) is 0 Å². The number of nitrogen functional groups attached to an aromatic ring is 1. The Kier molecular flexibility index (Phi) is 15.5. The molecule has 0 spiro atoms. The number of benzene rings is 4. The van der Waals surface area contributed by atoms with E-state index in [0.717, 1.165) is 53.3 Å². The average molecular weight is 928 g/mol. The lowest BCUT2D eigenvalue weighted by Crippen LogP contribution is -2.52. The number of carbonyl (C=O) groups excluding carboxylic acids is 1. The molecule has 6 aromatic rings. The zero-order valence-corrected chi connectivity index (χ0v) is 36.7. The molecular weight excluding hydrogens is 876 g/mol. The molecule has 4 aromatic carbocycles. The van der Waals surface area contributed by atoms with E-state index in [1.807, 2.05) is 130 Å². The maximum absolute atomic E-state index is 12.4. The fourth-order valence-corrected chi connectivity index (χ4v) is 7.41. The topological polar surface area (TPSA) is 212 Å². The molecule has 8 rings (SSSR count). The van der Waals surface area contributed by atoms with Crippen LogP contribution in [0.3, 0.4) is 0 Å². The number of nitrogens with one attached hydrogen (secondary N) is 2. The Labute approximate surface area is 381 Å². The minimum Gasteiger partial charge on any atom is -0.444 e. The number of nitrogens with two attached hydrogens (primary N) is 1. The summed E-state index contributed by atoms with van der Waals surface area (Å²) >= 11 is 3.39. The summed E-state index contributed by atoms with van der Waals surface area (Å²) in [6.45, 7) is 5.50. The largest absolute Gasteiger partial charge is 0.444 e. The number of nitriles is 1. The minimum atomic E-state index is -0.571. The molecule has 15 heteroatoms. The van der Waals surface area contributed by atoms with Crippen molar-refractivity contribution in [1.29, 1.82) is 5.26 Å². The third kappa shape index (κ3) is 11.8. The molecule has 0 radical (unpaired) electrons. The SMILES string of the molecule is C.CC(C)(C)OC(=O)NC1(c2ccc(Nc3nc(-c4ccccc4)ccc3[N+](=O)[O-])cc2)CCC1.N#CC1(c2ccc(Br)cc2)CCC1.Nc1nc(-c2ccccc2)ccc1[N+](=O)[O-]. The first-order chi connectivity index (χ1) is 30.1. The molecule has 2 heterocycles. The van der Waals surface area contributed by atoms with Gasteiger partial charge in [0.2, 0.25) is 11.6 Å². The first-order valence-electron chi connectivity index (χ1n) is 20.3. The lowest BCUT2D eigenvalue weighted by Gasteiger charge is -2.43. The van der Waals surface area contributed by atoms with Crippen molar-refractivity contribution >= 4 is 50.7 Å². The molecule has 0 unspecified atom stereocenters. The maximum Gasteiger partial charge on any atom is 0.408 e. The number of anilines is 3. The summed E-state index contributed by atoms with van der Waals surface area (Å²) < 4.78 is 6.51. The van der Waals surface area contributed by atoms with Crippen molar-refractivity contribution in [2.45, 2.75) is 83.3 Å². The van der Waals surface area contributed by atoms with Gasteiger partial charge in [0.1, 0.15) is 5.60 Å². The van der Waals surface area contributed by atoms with E-state index in [2.05, 4.69) is 42.6 Å². The number of nitrogens with zero attached hydrogens (tertiary/aromatic N) is 5. The van der Waals surface area contributed by atoms with Crippen molar-refractivity contribution in [3.63, 3.8) is 0 Å². The molecule has 2 aliphatic carbocycles. The summed E-state index contributed by atoms with van der Waals surface area (Å²) in [7, 11) is 0. The van der Waals surface area contributed by atoms with Crippen LogP contribution in [0, 0.1) is 31.6 Å². The van der Waals surface area contributed by atoms with Crippen LogP contribution in [0.15, 0.2) is 138 Å². The van der Waals surface area contributed by atoms with Crippen molar-refractivity contribution in [2.75, 3.05) is 11.1 Å². The van der Waals surface area contributed by atoms with E-state index in [9.17, 15) is 25.0 Å². The van der Waals surface area contributed by atoms with Crippen LogP contribution in [-0.4, -0.2) is 31.5 Å². The van der Waals surface area contributed by atoms with Gasteiger partial charge in [-0.1, -0.05) is 108 Å². The van der Waals surface area contributed by atoms with E-state index in [-0.39, 0.29) is 35.9 Å². The van der Waals surface area contributed by atoms with Gasteiger partial charge in [-0.25, -0.2) is 14.8 Å². The molecule has 330 valence electrons. The third-order valence-corrected chi connectivity index (χ3v) is 11.3. The molecule has 0 atom stereocenters. The molecule has 4 N–H and O–H groups in total. The van der Waals surface area contributed by atoms with Crippen LogP contribution in [0.4, 0.5) is 33.5 Å². The predicted octanol–water partition coefficient (Wildman–Crippen LogP) is 12.6. The number of ether oxygens (including phenoxy) is 1. The van der Waals surface area contributed by atoms with E-state index in [4.69, 9.17) is 15.7 Å². The summed E-state index contributed by atoms with van der Waals surface area (Å²) in [5, 5.41) is 37.3. The van der Waals surface area contributed by atoms with Crippen LogP contribution in [0.1, 0.15) is 77.8 Å². The molecule has 0 bridgehead atoms. The fourth-order valence-electron chi connectivity index (χ4n) is 7.14. The highest BCUT2D eigenvalue weighted by molar-refractivity contribution is 9.10. The summed E-state index contributed by atoms with van der Waals surface area (Å²) in [5.41, 5.74) is 9.86. The molecule has 0 aliphatic heterocycles. The Hall–Kier alpha value is -7.18. The Morgan fingerprint density at radius 3 is 1.67 bits per heavy atom. The molecule has 64 heavy (non-hydrogen) atoms. The van der Waals surface area contributed by atoms with E-state index >= 15 is 0 Å². The van der Waals surface area contributed by atoms with Crippen LogP contribution in [0.25, 0.3) is 22.5 Å². The van der Waals surface area contributed by atoms with Crippen LogP contribution < -0.4 is 16.4 Å². The van der Waals surface area contributed by atoms with Crippen molar-refractivity contribution < 1.29 is 19.4 Å². The van der Waals surface area contributed by atoms with E-state index in [1.165, 1.54) is 24.1 Å². The van der Waals surface area contributed by atoms with Crippen molar-refractivity contribution in [2.24, 2.45) is 0 Å². The van der Waals surface area contributed by atoms with Gasteiger partial charge in [0.25, 0.3) is 0 Å². The number of amides is 1. The molecule has 14 nitrogen and oxygen atoms in total.